The summed E-state index contributed by atoms with van der Waals surface area (Å²) < 4.78 is 73.1. The normalized spacial score (nSPS) is 28.9. The molecule has 8 nitrogen and oxygen atoms in total. The Balaban J connectivity index is 1.36. The first-order valence-electron chi connectivity index (χ1n) is 15.1. The minimum atomic E-state index is -2.73. The average molecular weight is 756 g/mol. The first-order valence-corrected chi connectivity index (χ1v) is 16.3. The van der Waals surface area contributed by atoms with E-state index < -0.39 is 98.2 Å². The van der Waals surface area contributed by atoms with Crippen molar-refractivity contribution in [2.45, 2.75) is 34.9 Å². The van der Waals surface area contributed by atoms with Crippen molar-refractivity contribution in [1.29, 1.82) is 0 Å². The number of imide groups is 2. The van der Waals surface area contributed by atoms with Gasteiger partial charge in [-0.25, -0.2) is 26.9 Å². The molecule has 2 heterocycles. The summed E-state index contributed by atoms with van der Waals surface area (Å²) in [5.41, 5.74) is -0.956. The molecule has 16 heteroatoms. The number of rotatable bonds is 5. The van der Waals surface area contributed by atoms with E-state index >= 15 is 8.78 Å². The van der Waals surface area contributed by atoms with Crippen LogP contribution < -0.4 is 4.90 Å². The highest BCUT2D eigenvalue weighted by molar-refractivity contribution is 6.58. The first-order chi connectivity index (χ1) is 23.5. The van der Waals surface area contributed by atoms with Gasteiger partial charge in [0.1, 0.15) is 17.2 Å². The van der Waals surface area contributed by atoms with E-state index in [9.17, 15) is 42.6 Å². The fourth-order valence-corrected chi connectivity index (χ4v) is 9.06. The third kappa shape index (κ3) is 4.55. The average Bonchev–Trinajstić information content (AvgIpc) is 3.41. The van der Waals surface area contributed by atoms with Gasteiger partial charge in [-0.15, -0.1) is 23.2 Å². The smallest absolute Gasteiger partial charge is 0.258 e. The summed E-state index contributed by atoms with van der Waals surface area (Å²) in [6, 6.07) is 9.65. The molecule has 4 aliphatic rings. The molecule has 260 valence electrons. The Labute approximate surface area is 294 Å². The summed E-state index contributed by atoms with van der Waals surface area (Å²) in [6.07, 6.45) is 1.10. The van der Waals surface area contributed by atoms with Gasteiger partial charge in [-0.3, -0.25) is 24.1 Å². The molecule has 3 aromatic carbocycles. The Morgan fingerprint density at radius 3 is 2.00 bits per heavy atom. The van der Waals surface area contributed by atoms with E-state index in [-0.39, 0.29) is 51.9 Å². The van der Waals surface area contributed by atoms with Crippen LogP contribution in [0.3, 0.4) is 0 Å². The van der Waals surface area contributed by atoms with Gasteiger partial charge in [0.2, 0.25) is 17.6 Å². The number of fused-ring (bicyclic) bond motifs is 4. The number of carbonyl (C=O) groups excluding carboxylic acids is 4. The van der Waals surface area contributed by atoms with Crippen LogP contribution in [0.2, 0.25) is 5.02 Å². The van der Waals surface area contributed by atoms with Gasteiger partial charge in [0.25, 0.3) is 11.8 Å². The van der Waals surface area contributed by atoms with Crippen LogP contribution in [0.1, 0.15) is 29.9 Å². The highest BCUT2D eigenvalue weighted by Crippen LogP contribution is 2.66. The molecular weight excluding hydrogens is 734 g/mol. The number of alkyl halides is 2. The van der Waals surface area contributed by atoms with Crippen LogP contribution in [0.15, 0.2) is 54.1 Å². The lowest BCUT2D eigenvalue weighted by Crippen LogP contribution is -2.60. The summed E-state index contributed by atoms with van der Waals surface area (Å²) in [6.45, 7) is -0.0401. The lowest BCUT2D eigenvalue weighted by molar-refractivity contribution is -0.140. The summed E-state index contributed by atoms with van der Waals surface area (Å²) in [4.78, 5) is 51.6. The van der Waals surface area contributed by atoms with Crippen LogP contribution in [0.25, 0.3) is 0 Å². The van der Waals surface area contributed by atoms with Crippen molar-refractivity contribution in [1.82, 2.24) is 4.90 Å². The third-order valence-electron chi connectivity index (χ3n) is 10.2. The molecule has 7 rings (SSSR count). The molecule has 0 aromatic heterocycles. The van der Waals surface area contributed by atoms with Crippen LogP contribution in [0, 0.1) is 46.8 Å². The number of likely N-dealkylation sites (tertiary alicyclic amines) is 1. The number of hydrogen-bond donors (Lipinski definition) is 2. The maximum atomic E-state index is 15.2. The number of halogens is 8. The number of allylic oxidation sites excluding steroid dienone is 2. The molecule has 2 aliphatic heterocycles. The molecule has 2 aliphatic carbocycles. The standard InChI is InChI=1S/C34H22Cl3F5N2O6/c35-20-11-15(46)5-6-17(20)22-16-7-8-18-21(30(48)43(29(18)47)10-9-13-1-3-14(45)4-2-13)19(16)12-33(36)31(49)44(32(50)34(22,33)37)28-26(41)24(39)23(38)25(40)27(28)42/h1-7,11,18-19,21-22,45-46H,8-10,12H2. The van der Waals surface area contributed by atoms with E-state index in [2.05, 4.69) is 0 Å². The van der Waals surface area contributed by atoms with Crippen molar-refractivity contribution in [3.63, 3.8) is 0 Å². The molecule has 6 unspecified atom stereocenters. The first kappa shape index (κ1) is 34.3. The topological polar surface area (TPSA) is 115 Å². The molecule has 2 N–H and O–H groups in total. The second-order valence-electron chi connectivity index (χ2n) is 12.6. The van der Waals surface area contributed by atoms with Crippen molar-refractivity contribution in [2.75, 3.05) is 11.4 Å². The minimum absolute atomic E-state index is 0.0136. The number of phenolic OH excluding ortho intramolecular Hbond substituents is 2. The van der Waals surface area contributed by atoms with Crippen molar-refractivity contribution >= 4 is 64.1 Å². The molecule has 2 saturated heterocycles. The third-order valence-corrected chi connectivity index (χ3v) is 11.9. The van der Waals surface area contributed by atoms with Crippen LogP contribution in [-0.4, -0.2) is 55.0 Å². The zero-order valence-corrected chi connectivity index (χ0v) is 27.5. The summed E-state index contributed by atoms with van der Waals surface area (Å²) in [5, 5.41) is 19.5. The molecule has 3 fully saturated rings. The van der Waals surface area contributed by atoms with Gasteiger partial charge in [0.05, 0.1) is 11.8 Å². The highest BCUT2D eigenvalue weighted by atomic mass is 35.5. The second-order valence-corrected chi connectivity index (χ2v) is 14.3. The maximum absolute atomic E-state index is 15.2. The molecule has 3 aromatic rings. The van der Waals surface area contributed by atoms with Gasteiger partial charge in [-0.1, -0.05) is 41.4 Å². The van der Waals surface area contributed by atoms with Crippen LogP contribution in [-0.2, 0) is 25.6 Å². The van der Waals surface area contributed by atoms with E-state index in [1.54, 1.807) is 18.2 Å². The van der Waals surface area contributed by atoms with Gasteiger partial charge in [-0.2, -0.15) is 0 Å². The zero-order chi connectivity index (χ0) is 36.2. The van der Waals surface area contributed by atoms with Gasteiger partial charge in [-0.05, 0) is 60.6 Å². The van der Waals surface area contributed by atoms with Crippen LogP contribution in [0.5, 0.6) is 11.5 Å². The Hall–Kier alpha value is -4.20. The fourth-order valence-electron chi connectivity index (χ4n) is 7.85. The van der Waals surface area contributed by atoms with Gasteiger partial charge in [0, 0.05) is 17.5 Å². The predicted octanol–water partition coefficient (Wildman–Crippen LogP) is 6.25. The zero-order valence-electron chi connectivity index (χ0n) is 25.2. The number of hydrogen-bond acceptors (Lipinski definition) is 6. The van der Waals surface area contributed by atoms with E-state index in [0.29, 0.717) is 5.56 Å². The van der Waals surface area contributed by atoms with E-state index in [1.807, 2.05) is 0 Å². The van der Waals surface area contributed by atoms with Gasteiger partial charge >= 0.3 is 0 Å². The lowest BCUT2D eigenvalue weighted by atomic mass is 9.56. The molecular formula is C34H22Cl3F5N2O6. The molecule has 0 radical (unpaired) electrons. The molecule has 50 heavy (non-hydrogen) atoms. The summed E-state index contributed by atoms with van der Waals surface area (Å²) in [7, 11) is 0. The number of phenols is 2. The lowest BCUT2D eigenvalue weighted by Gasteiger charge is -2.50. The number of anilines is 1. The Morgan fingerprint density at radius 1 is 0.780 bits per heavy atom. The highest BCUT2D eigenvalue weighted by Gasteiger charge is 2.77. The minimum Gasteiger partial charge on any atom is -0.508 e. The van der Waals surface area contributed by atoms with E-state index in [1.165, 1.54) is 24.3 Å². The Bertz CT molecular complexity index is 2050. The number of aromatic hydroxyl groups is 2. The molecule has 1 saturated carbocycles. The molecule has 0 bridgehead atoms. The molecule has 6 atom stereocenters. The van der Waals surface area contributed by atoms with Crippen molar-refractivity contribution < 1.29 is 51.3 Å². The van der Waals surface area contributed by atoms with Gasteiger partial charge < -0.3 is 10.2 Å². The Kier molecular flexibility index (Phi) is 8.00. The van der Waals surface area contributed by atoms with Crippen molar-refractivity contribution in [2.24, 2.45) is 17.8 Å². The summed E-state index contributed by atoms with van der Waals surface area (Å²) >= 11 is 20.7. The van der Waals surface area contributed by atoms with Gasteiger partial charge in [0.15, 0.2) is 33.0 Å². The fraction of sp³-hybridized carbons (Fsp3) is 0.294. The number of nitrogens with zero attached hydrogens (tertiary/aromatic N) is 2. The predicted molar refractivity (Wildman–Crippen MR) is 168 cm³/mol. The number of carbonyl (C=O) groups is 4. The SMILES string of the molecule is O=C1C2CC=C3C(CC4(Cl)C(=O)N(c5c(F)c(F)c(F)c(F)c5F)C(=O)C4(Cl)C3c3ccc(O)cc3Cl)C2C(=O)N1CCc1ccc(O)cc1. The number of amides is 4. The monoisotopic (exact) mass is 754 g/mol. The largest absolute Gasteiger partial charge is 0.508 e. The van der Waals surface area contributed by atoms with E-state index in [4.69, 9.17) is 34.8 Å². The van der Waals surface area contributed by atoms with Crippen molar-refractivity contribution in [3.05, 3.63) is 99.3 Å². The van der Waals surface area contributed by atoms with Crippen LogP contribution >= 0.6 is 34.8 Å². The number of benzene rings is 3. The quantitative estimate of drug-likeness (QED) is 0.0795. The van der Waals surface area contributed by atoms with Crippen molar-refractivity contribution in [3.8, 4) is 11.5 Å². The van der Waals surface area contributed by atoms with E-state index in [0.717, 1.165) is 11.0 Å². The van der Waals surface area contributed by atoms with Crippen LogP contribution in [0.4, 0.5) is 27.6 Å². The molecule has 0 spiro atoms. The Morgan fingerprint density at radius 2 is 1.38 bits per heavy atom. The maximum Gasteiger partial charge on any atom is 0.258 e. The second kappa shape index (κ2) is 11.7. The summed E-state index contributed by atoms with van der Waals surface area (Å²) in [5.74, 6) is -21.8. The molecule has 4 amide bonds.